The van der Waals surface area contributed by atoms with Crippen LogP contribution in [0, 0.1) is 6.92 Å². The van der Waals surface area contributed by atoms with Gasteiger partial charge in [-0.25, -0.2) is 9.99 Å². The fourth-order valence-corrected chi connectivity index (χ4v) is 4.12. The van der Waals surface area contributed by atoms with Crippen LogP contribution < -0.4 is 9.75 Å². The van der Waals surface area contributed by atoms with Crippen LogP contribution in [0.4, 0.5) is 5.13 Å². The lowest BCUT2D eigenvalue weighted by Gasteiger charge is -2.18. The summed E-state index contributed by atoms with van der Waals surface area (Å²) < 4.78 is 10.9. The number of aryl methyl sites for hydroxylation is 1. The van der Waals surface area contributed by atoms with Crippen molar-refractivity contribution in [1.29, 1.82) is 0 Å². The average molecular weight is 418 g/mol. The van der Waals surface area contributed by atoms with Crippen LogP contribution in [0.1, 0.15) is 46.1 Å². The summed E-state index contributed by atoms with van der Waals surface area (Å²) in [6, 6.07) is 11.5. The summed E-state index contributed by atoms with van der Waals surface area (Å²) in [4.78, 5) is 17.1. The van der Waals surface area contributed by atoms with Gasteiger partial charge in [-0.3, -0.25) is 4.79 Å². The number of nitrogens with zero attached hydrogens (tertiary/aromatic N) is 3. The first-order valence-corrected chi connectivity index (χ1v) is 9.41. The zero-order valence-electron chi connectivity index (χ0n) is 15.7. The first-order valence-electron chi connectivity index (χ1n) is 8.59. The number of anilines is 1. The molecule has 0 amide bonds. The lowest BCUT2D eigenvalue weighted by molar-refractivity contribution is 0.102. The van der Waals surface area contributed by atoms with E-state index in [4.69, 9.17) is 14.3 Å². The van der Waals surface area contributed by atoms with Gasteiger partial charge in [-0.05, 0) is 48.9 Å². The van der Waals surface area contributed by atoms with Crippen molar-refractivity contribution in [3.8, 4) is 5.75 Å². The zero-order chi connectivity index (χ0) is 19.0. The Hall–Kier alpha value is -2.64. The number of carbonyl (C=O) groups excluding carboxylic acids is 1. The monoisotopic (exact) mass is 417 g/mol. The number of aromatic nitrogens is 1. The minimum atomic E-state index is -0.0949. The van der Waals surface area contributed by atoms with Crippen molar-refractivity contribution in [2.24, 2.45) is 5.10 Å². The molecule has 0 spiro atoms. The van der Waals surface area contributed by atoms with Crippen molar-refractivity contribution >= 4 is 40.4 Å². The number of benzene rings is 1. The molecule has 0 N–H and O–H groups in total. The Morgan fingerprint density at radius 2 is 2.04 bits per heavy atom. The lowest BCUT2D eigenvalue weighted by atomic mass is 10.0. The summed E-state index contributed by atoms with van der Waals surface area (Å²) in [5, 5.41) is 7.38. The molecule has 0 aliphatic carbocycles. The molecule has 8 heteroatoms. The van der Waals surface area contributed by atoms with Crippen LogP contribution in [0.25, 0.3) is 0 Å². The molecule has 0 saturated heterocycles. The molecule has 28 heavy (non-hydrogen) atoms. The maximum atomic E-state index is 11.8. The van der Waals surface area contributed by atoms with E-state index in [9.17, 15) is 4.79 Å². The fraction of sp³-hybridized carbons (Fsp3) is 0.250. The molecule has 4 rings (SSSR count). The molecule has 3 aromatic rings. The van der Waals surface area contributed by atoms with E-state index >= 15 is 0 Å². The number of furan rings is 1. The van der Waals surface area contributed by atoms with Gasteiger partial charge < -0.3 is 9.15 Å². The number of halogens is 1. The van der Waals surface area contributed by atoms with Crippen molar-refractivity contribution < 1.29 is 13.9 Å². The van der Waals surface area contributed by atoms with E-state index in [1.807, 2.05) is 48.3 Å². The molecule has 0 fully saturated rings. The summed E-state index contributed by atoms with van der Waals surface area (Å²) in [6.07, 6.45) is 2.35. The smallest absolute Gasteiger partial charge is 0.207 e. The van der Waals surface area contributed by atoms with Gasteiger partial charge in [-0.1, -0.05) is 11.3 Å². The predicted molar refractivity (Wildman–Crippen MR) is 112 cm³/mol. The molecule has 1 atom stereocenters. The molecule has 1 aliphatic heterocycles. The van der Waals surface area contributed by atoms with Gasteiger partial charge in [0.2, 0.25) is 5.13 Å². The Balaban J connectivity index is 0.00000225. The van der Waals surface area contributed by atoms with Gasteiger partial charge in [-0.15, -0.1) is 12.4 Å². The molecular weight excluding hydrogens is 398 g/mol. The summed E-state index contributed by atoms with van der Waals surface area (Å²) >= 11 is 1.37. The van der Waals surface area contributed by atoms with Crippen LogP contribution in [0.3, 0.4) is 0 Å². The topological polar surface area (TPSA) is 67.9 Å². The van der Waals surface area contributed by atoms with Crippen molar-refractivity contribution in [2.75, 3.05) is 12.1 Å². The molecular formula is C20H20ClN3O3S. The van der Waals surface area contributed by atoms with E-state index in [1.165, 1.54) is 11.3 Å². The number of methoxy groups -OCH3 is 1. The van der Waals surface area contributed by atoms with E-state index in [1.54, 1.807) is 20.3 Å². The van der Waals surface area contributed by atoms with E-state index < -0.39 is 0 Å². The first kappa shape index (κ1) is 20.1. The number of hydrogen-bond acceptors (Lipinski definition) is 7. The number of carbonyl (C=O) groups is 1. The third-order valence-corrected chi connectivity index (χ3v) is 5.75. The number of rotatable bonds is 5. The minimum Gasteiger partial charge on any atom is -0.497 e. The average Bonchev–Trinajstić information content (AvgIpc) is 3.40. The first-order chi connectivity index (χ1) is 13.1. The standard InChI is InChI=1S/C20H19N3O3S.ClH/c1-12-19(13(2)24)27-20(21-12)23-17(18-5-4-10-26-18)11-16(22-23)14-6-8-15(25-3)9-7-14;/h4-10,17H,11H2,1-3H3;1H. The zero-order valence-corrected chi connectivity index (χ0v) is 17.3. The SMILES string of the molecule is COc1ccc(C2=NN(c3nc(C)c(C(C)=O)s3)C(c3ccco3)C2)cc1.Cl. The lowest BCUT2D eigenvalue weighted by Crippen LogP contribution is -2.17. The Morgan fingerprint density at radius 3 is 2.61 bits per heavy atom. The van der Waals surface area contributed by atoms with Crippen molar-refractivity contribution in [2.45, 2.75) is 26.3 Å². The largest absolute Gasteiger partial charge is 0.497 e. The second-order valence-corrected chi connectivity index (χ2v) is 7.30. The quantitative estimate of drug-likeness (QED) is 0.544. The second kappa shape index (κ2) is 8.16. The van der Waals surface area contributed by atoms with Crippen molar-refractivity contribution in [3.05, 3.63) is 64.6 Å². The van der Waals surface area contributed by atoms with Crippen LogP contribution in [0.15, 0.2) is 52.2 Å². The molecule has 0 saturated carbocycles. The van der Waals surface area contributed by atoms with Gasteiger partial charge in [0.25, 0.3) is 0 Å². The molecule has 1 aliphatic rings. The van der Waals surface area contributed by atoms with Crippen molar-refractivity contribution in [3.63, 3.8) is 0 Å². The van der Waals surface area contributed by atoms with Crippen LogP contribution in [-0.4, -0.2) is 23.6 Å². The number of hydrogen-bond donors (Lipinski definition) is 0. The van der Waals surface area contributed by atoms with Gasteiger partial charge in [-0.2, -0.15) is 5.10 Å². The highest BCUT2D eigenvalue weighted by molar-refractivity contribution is 7.17. The van der Waals surface area contributed by atoms with Crippen LogP contribution >= 0.6 is 23.7 Å². The highest BCUT2D eigenvalue weighted by Gasteiger charge is 2.34. The van der Waals surface area contributed by atoms with Gasteiger partial charge in [0.1, 0.15) is 17.6 Å². The van der Waals surface area contributed by atoms with Gasteiger partial charge in [0.05, 0.1) is 29.7 Å². The van der Waals surface area contributed by atoms with Gasteiger partial charge in [0, 0.05) is 13.3 Å². The number of ketones is 1. The maximum absolute atomic E-state index is 11.8. The summed E-state index contributed by atoms with van der Waals surface area (Å²) in [5.74, 6) is 1.64. The summed E-state index contributed by atoms with van der Waals surface area (Å²) in [7, 11) is 1.65. The molecule has 146 valence electrons. The predicted octanol–water partition coefficient (Wildman–Crippen LogP) is 5.03. The van der Waals surface area contributed by atoms with E-state index in [2.05, 4.69) is 4.98 Å². The third kappa shape index (κ3) is 3.68. The molecule has 6 nitrogen and oxygen atoms in total. The molecule has 1 aromatic carbocycles. The number of ether oxygens (including phenoxy) is 1. The molecule has 1 unspecified atom stereocenters. The van der Waals surface area contributed by atoms with E-state index in [0.717, 1.165) is 28.5 Å². The van der Waals surface area contributed by atoms with Crippen LogP contribution in [0.5, 0.6) is 5.75 Å². The molecule has 2 aromatic heterocycles. The molecule has 0 radical (unpaired) electrons. The minimum absolute atomic E-state index is 0. The number of hydrazone groups is 1. The Morgan fingerprint density at radius 1 is 1.29 bits per heavy atom. The Labute approximate surface area is 173 Å². The summed E-state index contributed by atoms with van der Waals surface area (Å²) in [6.45, 7) is 3.41. The van der Waals surface area contributed by atoms with Crippen LogP contribution in [0.2, 0.25) is 0 Å². The number of Topliss-reactive ketones (excluding diaryl/α,β-unsaturated/α-hetero) is 1. The summed E-state index contributed by atoms with van der Waals surface area (Å²) in [5.41, 5.74) is 2.69. The van der Waals surface area contributed by atoms with Crippen molar-refractivity contribution in [1.82, 2.24) is 4.98 Å². The Bertz CT molecular complexity index is 996. The van der Waals surface area contributed by atoms with Gasteiger partial charge >= 0.3 is 0 Å². The van der Waals surface area contributed by atoms with E-state index in [0.29, 0.717) is 16.4 Å². The Kier molecular flexibility index (Phi) is 5.86. The fourth-order valence-electron chi connectivity index (χ4n) is 3.15. The van der Waals surface area contributed by atoms with Gasteiger partial charge in [0.15, 0.2) is 5.78 Å². The molecule has 3 heterocycles. The molecule has 0 bridgehead atoms. The number of thiazole rings is 1. The van der Waals surface area contributed by atoms with E-state index in [-0.39, 0.29) is 24.2 Å². The highest BCUT2D eigenvalue weighted by Crippen LogP contribution is 2.39. The second-order valence-electron chi connectivity index (χ2n) is 6.32. The third-order valence-electron chi connectivity index (χ3n) is 4.51. The maximum Gasteiger partial charge on any atom is 0.207 e. The normalized spacial score (nSPS) is 15.9. The van der Waals surface area contributed by atoms with Crippen LogP contribution in [-0.2, 0) is 0 Å². The highest BCUT2D eigenvalue weighted by atomic mass is 35.5.